The molecule has 2 aromatic carbocycles. The summed E-state index contributed by atoms with van der Waals surface area (Å²) in [5, 5.41) is 16.2. The molecule has 3 N–H and O–H groups in total. The summed E-state index contributed by atoms with van der Waals surface area (Å²) in [7, 11) is 0. The van der Waals surface area contributed by atoms with Crippen LogP contribution >= 0.6 is 0 Å². The fraction of sp³-hybridized carbons (Fsp3) is 0.261. The number of carbonyl (C=O) groups excluding carboxylic acids is 3. The van der Waals surface area contributed by atoms with Gasteiger partial charge in [0.05, 0.1) is 16.7 Å². The third-order valence-corrected chi connectivity index (χ3v) is 4.62. The van der Waals surface area contributed by atoms with E-state index in [1.807, 2.05) is 6.07 Å². The van der Waals surface area contributed by atoms with Crippen molar-refractivity contribution in [3.63, 3.8) is 0 Å². The Labute approximate surface area is 180 Å². The number of hydrogen-bond donors (Lipinski definition) is 3. The van der Waals surface area contributed by atoms with Gasteiger partial charge in [0.25, 0.3) is 5.91 Å². The minimum absolute atomic E-state index is 0.123. The zero-order valence-corrected chi connectivity index (χ0v) is 17.9. The molecule has 3 rings (SSSR count). The largest absolute Gasteiger partial charge is 0.430 e. The minimum atomic E-state index is -0.746. The Hall–Kier alpha value is -3.65. The highest BCUT2D eigenvalue weighted by Gasteiger charge is 2.36. The third kappa shape index (κ3) is 4.75. The van der Waals surface area contributed by atoms with E-state index in [2.05, 4.69) is 10.6 Å². The second-order valence-corrected chi connectivity index (χ2v) is 8.09. The van der Waals surface area contributed by atoms with Gasteiger partial charge in [-0.3, -0.25) is 14.8 Å². The fourth-order valence-corrected chi connectivity index (χ4v) is 2.98. The van der Waals surface area contributed by atoms with Crippen molar-refractivity contribution in [2.45, 2.75) is 34.1 Å². The number of rotatable bonds is 4. The number of carbonyl (C=O) groups is 3. The van der Waals surface area contributed by atoms with E-state index in [0.717, 1.165) is 0 Å². The smallest absolute Gasteiger partial charge is 0.323 e. The van der Waals surface area contributed by atoms with Gasteiger partial charge in [0.15, 0.2) is 0 Å². The first kappa shape index (κ1) is 22.0. The number of allylic oxidation sites excluding steroid dienone is 1. The Balaban J connectivity index is 1.87. The number of hydrogen-bond acceptors (Lipinski definition) is 5. The molecule has 0 radical (unpaired) electrons. The van der Waals surface area contributed by atoms with E-state index in [4.69, 9.17) is 4.74 Å². The highest BCUT2D eigenvalue weighted by atomic mass is 16.5. The van der Waals surface area contributed by atoms with Crippen LogP contribution in [0.25, 0.3) is 5.57 Å². The number of nitrogens with zero attached hydrogens (tertiary/aromatic N) is 1. The summed E-state index contributed by atoms with van der Waals surface area (Å²) in [4.78, 5) is 37.2. The van der Waals surface area contributed by atoms with Crippen molar-refractivity contribution in [2.75, 3.05) is 15.7 Å². The van der Waals surface area contributed by atoms with Crippen LogP contribution in [0.5, 0.6) is 0 Å². The zero-order valence-electron chi connectivity index (χ0n) is 17.9. The van der Waals surface area contributed by atoms with Gasteiger partial charge < -0.3 is 15.4 Å². The van der Waals surface area contributed by atoms with E-state index >= 15 is 0 Å². The van der Waals surface area contributed by atoms with E-state index in [1.54, 1.807) is 64.1 Å². The van der Waals surface area contributed by atoms with Crippen molar-refractivity contribution >= 4 is 40.5 Å². The van der Waals surface area contributed by atoms with E-state index in [1.165, 1.54) is 6.07 Å². The summed E-state index contributed by atoms with van der Waals surface area (Å²) >= 11 is 0. The number of ether oxygens (including phenoxy) is 1. The Bertz CT molecular complexity index is 1050. The van der Waals surface area contributed by atoms with Crippen molar-refractivity contribution in [1.29, 1.82) is 0 Å². The predicted molar refractivity (Wildman–Crippen MR) is 118 cm³/mol. The van der Waals surface area contributed by atoms with Crippen LogP contribution in [-0.2, 0) is 14.3 Å². The fourth-order valence-electron chi connectivity index (χ4n) is 2.98. The Morgan fingerprint density at radius 3 is 2.29 bits per heavy atom. The Kier molecular flexibility index (Phi) is 6.12. The zero-order chi connectivity index (χ0) is 22.8. The number of amides is 3. The maximum atomic E-state index is 12.7. The summed E-state index contributed by atoms with van der Waals surface area (Å²) in [6.07, 6.45) is 0.287. The first-order valence-corrected chi connectivity index (χ1v) is 9.88. The quantitative estimate of drug-likeness (QED) is 0.284. The third-order valence-electron chi connectivity index (χ3n) is 4.62. The van der Waals surface area contributed by atoms with Crippen LogP contribution in [0, 0.1) is 5.41 Å². The van der Waals surface area contributed by atoms with Gasteiger partial charge in [-0.25, -0.2) is 4.79 Å². The monoisotopic (exact) mass is 423 g/mol. The number of urea groups is 1. The highest BCUT2D eigenvalue weighted by Crippen LogP contribution is 2.40. The average molecular weight is 423 g/mol. The molecule has 1 heterocycles. The Morgan fingerprint density at radius 2 is 1.68 bits per heavy atom. The van der Waals surface area contributed by atoms with Crippen molar-refractivity contribution in [2.24, 2.45) is 5.41 Å². The molecule has 0 fully saturated rings. The molecule has 0 atom stereocenters. The lowest BCUT2D eigenvalue weighted by Gasteiger charge is -2.18. The van der Waals surface area contributed by atoms with Gasteiger partial charge in [0.1, 0.15) is 5.76 Å². The molecule has 2 aromatic rings. The van der Waals surface area contributed by atoms with Gasteiger partial charge in [-0.15, -0.1) is 0 Å². The van der Waals surface area contributed by atoms with E-state index < -0.39 is 23.3 Å². The number of nitrogens with one attached hydrogen (secondary N) is 2. The molecule has 0 spiro atoms. The van der Waals surface area contributed by atoms with Crippen molar-refractivity contribution < 1.29 is 24.3 Å². The highest BCUT2D eigenvalue weighted by molar-refractivity contribution is 6.32. The maximum Gasteiger partial charge on any atom is 0.323 e. The predicted octanol–water partition coefficient (Wildman–Crippen LogP) is 4.78. The van der Waals surface area contributed by atoms with Crippen LogP contribution in [-0.4, -0.2) is 23.1 Å². The Morgan fingerprint density at radius 1 is 1.03 bits per heavy atom. The summed E-state index contributed by atoms with van der Waals surface area (Å²) in [6.45, 7) is 6.91. The van der Waals surface area contributed by atoms with Gasteiger partial charge >= 0.3 is 12.0 Å². The molecule has 0 aliphatic carbocycles. The summed E-state index contributed by atoms with van der Waals surface area (Å²) < 4.78 is 5.49. The maximum absolute atomic E-state index is 12.7. The van der Waals surface area contributed by atoms with E-state index in [-0.39, 0.29) is 23.4 Å². The molecule has 3 amide bonds. The average Bonchev–Trinajstić information content (AvgIpc) is 2.96. The van der Waals surface area contributed by atoms with Gasteiger partial charge in [0.2, 0.25) is 0 Å². The molecule has 0 saturated carbocycles. The molecule has 31 heavy (non-hydrogen) atoms. The molecule has 1 aliphatic rings. The molecule has 0 aromatic heterocycles. The standard InChI is InChI=1S/C23H25N3O5/c1-5-18(31-21(28)23(2,3)4)19-16-12-11-15(13-17(16)26(30)20(19)27)25-22(29)24-14-9-7-6-8-10-14/h6-13,30H,5H2,1-4H3,(H2,24,25,29)/b19-18-. The number of esters is 1. The molecular weight excluding hydrogens is 398 g/mol. The lowest BCUT2D eigenvalue weighted by atomic mass is 9.97. The molecule has 8 heteroatoms. The lowest BCUT2D eigenvalue weighted by Crippen LogP contribution is -2.25. The van der Waals surface area contributed by atoms with Crippen LogP contribution < -0.4 is 15.7 Å². The second-order valence-electron chi connectivity index (χ2n) is 8.09. The van der Waals surface area contributed by atoms with Gasteiger partial charge in [0, 0.05) is 23.4 Å². The van der Waals surface area contributed by atoms with Crippen LogP contribution in [0.4, 0.5) is 21.9 Å². The van der Waals surface area contributed by atoms with Crippen LogP contribution in [0.1, 0.15) is 39.7 Å². The molecule has 0 saturated heterocycles. The van der Waals surface area contributed by atoms with Gasteiger partial charge in [-0.2, -0.15) is 5.06 Å². The second kappa shape index (κ2) is 8.61. The normalized spacial score (nSPS) is 14.7. The first-order valence-electron chi connectivity index (χ1n) is 9.88. The summed E-state index contributed by atoms with van der Waals surface area (Å²) in [5.41, 5.74) is 0.987. The molecule has 0 unspecified atom stereocenters. The molecule has 1 aliphatic heterocycles. The molecular formula is C23H25N3O5. The van der Waals surface area contributed by atoms with Crippen LogP contribution in [0.3, 0.4) is 0 Å². The molecule has 8 nitrogen and oxygen atoms in total. The number of anilines is 3. The number of benzene rings is 2. The number of para-hydroxylation sites is 1. The number of fused-ring (bicyclic) bond motifs is 1. The van der Waals surface area contributed by atoms with Crippen LogP contribution in [0.2, 0.25) is 0 Å². The van der Waals surface area contributed by atoms with Crippen molar-refractivity contribution in [1.82, 2.24) is 0 Å². The van der Waals surface area contributed by atoms with Crippen molar-refractivity contribution in [3.05, 3.63) is 59.9 Å². The van der Waals surface area contributed by atoms with Gasteiger partial charge in [-0.1, -0.05) is 25.1 Å². The summed E-state index contributed by atoms with van der Waals surface area (Å²) in [6, 6.07) is 13.1. The topological polar surface area (TPSA) is 108 Å². The van der Waals surface area contributed by atoms with Crippen molar-refractivity contribution in [3.8, 4) is 0 Å². The number of hydroxylamine groups is 1. The lowest BCUT2D eigenvalue weighted by molar-refractivity contribution is -0.148. The first-order chi connectivity index (χ1) is 14.6. The molecule has 162 valence electrons. The van der Waals surface area contributed by atoms with Crippen LogP contribution in [0.15, 0.2) is 54.3 Å². The minimum Gasteiger partial charge on any atom is -0.430 e. The summed E-state index contributed by atoms with van der Waals surface area (Å²) in [5.74, 6) is -0.983. The van der Waals surface area contributed by atoms with E-state index in [9.17, 15) is 19.6 Å². The van der Waals surface area contributed by atoms with Gasteiger partial charge in [-0.05, 0) is 51.1 Å². The molecule has 0 bridgehead atoms. The van der Waals surface area contributed by atoms with E-state index in [0.29, 0.717) is 22.0 Å². The SMILES string of the molecule is CC/C(OC(=O)C(C)(C)C)=C1/C(=O)N(O)c2cc(NC(=O)Nc3ccccc3)ccc21.